The SMILES string of the molecule is CCOC(=O)c1cc(Cl)c2c(Cl)cc(Cl)cc2n1. The summed E-state index contributed by atoms with van der Waals surface area (Å²) in [5.74, 6) is -0.530. The van der Waals surface area contributed by atoms with Gasteiger partial charge in [0.2, 0.25) is 0 Å². The lowest BCUT2D eigenvalue weighted by Gasteiger charge is -2.07. The molecule has 0 N–H and O–H groups in total. The Morgan fingerprint density at radius 2 is 1.89 bits per heavy atom. The van der Waals surface area contributed by atoms with Gasteiger partial charge in [-0.05, 0) is 25.1 Å². The number of pyridine rings is 1. The largest absolute Gasteiger partial charge is 0.461 e. The van der Waals surface area contributed by atoms with Crippen LogP contribution < -0.4 is 0 Å². The van der Waals surface area contributed by atoms with Gasteiger partial charge in [0.25, 0.3) is 0 Å². The topological polar surface area (TPSA) is 39.2 Å². The highest BCUT2D eigenvalue weighted by molar-refractivity contribution is 6.43. The van der Waals surface area contributed by atoms with E-state index in [1.807, 2.05) is 0 Å². The summed E-state index contributed by atoms with van der Waals surface area (Å²) >= 11 is 18.0. The van der Waals surface area contributed by atoms with Crippen molar-refractivity contribution in [1.82, 2.24) is 4.98 Å². The highest BCUT2D eigenvalue weighted by Crippen LogP contribution is 2.32. The zero-order valence-electron chi connectivity index (χ0n) is 9.34. The number of carbonyl (C=O) groups is 1. The van der Waals surface area contributed by atoms with E-state index in [-0.39, 0.29) is 12.3 Å². The van der Waals surface area contributed by atoms with Gasteiger partial charge in [0.15, 0.2) is 5.69 Å². The fourth-order valence-electron chi connectivity index (χ4n) is 1.55. The summed E-state index contributed by atoms with van der Waals surface area (Å²) in [5.41, 5.74) is 0.593. The number of fused-ring (bicyclic) bond motifs is 1. The highest BCUT2D eigenvalue weighted by atomic mass is 35.5. The zero-order valence-corrected chi connectivity index (χ0v) is 11.6. The molecule has 18 heavy (non-hydrogen) atoms. The maximum atomic E-state index is 11.6. The van der Waals surface area contributed by atoms with Crippen molar-refractivity contribution >= 4 is 51.7 Å². The van der Waals surface area contributed by atoms with Crippen molar-refractivity contribution in [3.05, 3.63) is 39.0 Å². The summed E-state index contributed by atoms with van der Waals surface area (Å²) in [4.78, 5) is 15.7. The lowest BCUT2D eigenvalue weighted by Crippen LogP contribution is -2.07. The van der Waals surface area contributed by atoms with Crippen molar-refractivity contribution in [3.8, 4) is 0 Å². The molecule has 94 valence electrons. The molecule has 0 amide bonds. The van der Waals surface area contributed by atoms with Crippen LogP contribution in [0.1, 0.15) is 17.4 Å². The van der Waals surface area contributed by atoms with Crippen LogP contribution in [0.3, 0.4) is 0 Å². The third-order valence-electron chi connectivity index (χ3n) is 2.26. The van der Waals surface area contributed by atoms with Gasteiger partial charge in [-0.1, -0.05) is 34.8 Å². The molecule has 0 atom stereocenters. The van der Waals surface area contributed by atoms with Crippen molar-refractivity contribution in [3.63, 3.8) is 0 Å². The van der Waals surface area contributed by atoms with Gasteiger partial charge in [-0.2, -0.15) is 0 Å². The molecule has 0 radical (unpaired) electrons. The Balaban J connectivity index is 2.65. The molecule has 0 fully saturated rings. The van der Waals surface area contributed by atoms with Gasteiger partial charge in [0.1, 0.15) is 0 Å². The van der Waals surface area contributed by atoms with Crippen molar-refractivity contribution in [2.45, 2.75) is 6.92 Å². The molecule has 6 heteroatoms. The van der Waals surface area contributed by atoms with Gasteiger partial charge in [-0.25, -0.2) is 9.78 Å². The minimum absolute atomic E-state index is 0.132. The second-order valence-corrected chi connectivity index (χ2v) is 4.74. The molecule has 0 saturated carbocycles. The van der Waals surface area contributed by atoms with E-state index < -0.39 is 5.97 Å². The number of carbonyl (C=O) groups excluding carboxylic acids is 1. The first-order chi connectivity index (χ1) is 8.52. The van der Waals surface area contributed by atoms with Crippen molar-refractivity contribution in [2.75, 3.05) is 6.61 Å². The maximum absolute atomic E-state index is 11.6. The summed E-state index contributed by atoms with van der Waals surface area (Å²) in [5, 5.41) is 1.72. The van der Waals surface area contributed by atoms with Crippen molar-refractivity contribution < 1.29 is 9.53 Å². The highest BCUT2D eigenvalue weighted by Gasteiger charge is 2.14. The first-order valence-corrected chi connectivity index (χ1v) is 6.28. The molecule has 0 aliphatic carbocycles. The monoisotopic (exact) mass is 303 g/mol. The molecular weight excluding hydrogens is 296 g/mol. The van der Waals surface area contributed by atoms with E-state index >= 15 is 0 Å². The molecular formula is C12H8Cl3NO2. The molecule has 0 aliphatic rings. The Labute approximate surface area is 119 Å². The lowest BCUT2D eigenvalue weighted by molar-refractivity contribution is 0.0520. The molecule has 2 rings (SSSR count). The Kier molecular flexibility index (Phi) is 3.95. The third-order valence-corrected chi connectivity index (χ3v) is 3.08. The minimum atomic E-state index is -0.530. The summed E-state index contributed by atoms with van der Waals surface area (Å²) in [6, 6.07) is 4.60. The average molecular weight is 305 g/mol. The fourth-order valence-corrected chi connectivity index (χ4v) is 2.48. The number of hydrogen-bond acceptors (Lipinski definition) is 3. The van der Waals surface area contributed by atoms with Crippen LogP contribution in [0.15, 0.2) is 18.2 Å². The first kappa shape index (κ1) is 13.4. The number of esters is 1. The van der Waals surface area contributed by atoms with Crippen LogP contribution in [0.2, 0.25) is 15.1 Å². The zero-order chi connectivity index (χ0) is 13.3. The van der Waals surface area contributed by atoms with E-state index in [0.29, 0.717) is 26.0 Å². The second kappa shape index (κ2) is 5.31. The van der Waals surface area contributed by atoms with E-state index in [0.717, 1.165) is 0 Å². The van der Waals surface area contributed by atoms with E-state index in [1.54, 1.807) is 19.1 Å². The standard InChI is InChI=1S/C12H8Cl3NO2/c1-2-18-12(17)10-5-8(15)11-7(14)3-6(13)4-9(11)16-10/h3-5H,2H2,1H3. The number of halogens is 3. The number of hydrogen-bond donors (Lipinski definition) is 0. The van der Waals surface area contributed by atoms with E-state index in [2.05, 4.69) is 4.98 Å². The molecule has 3 nitrogen and oxygen atoms in total. The van der Waals surface area contributed by atoms with Crippen molar-refractivity contribution in [1.29, 1.82) is 0 Å². The number of aromatic nitrogens is 1. The normalized spacial score (nSPS) is 10.7. The third kappa shape index (κ3) is 2.53. The summed E-state index contributed by atoms with van der Waals surface area (Å²) in [6.45, 7) is 1.99. The Morgan fingerprint density at radius 1 is 1.22 bits per heavy atom. The van der Waals surface area contributed by atoms with Crippen LogP contribution in [-0.4, -0.2) is 17.6 Å². The Morgan fingerprint density at radius 3 is 2.56 bits per heavy atom. The molecule has 0 spiro atoms. The molecule has 1 heterocycles. The molecule has 2 aromatic rings. The minimum Gasteiger partial charge on any atom is -0.461 e. The average Bonchev–Trinajstić information content (AvgIpc) is 2.27. The molecule has 0 bridgehead atoms. The smallest absolute Gasteiger partial charge is 0.356 e. The van der Waals surface area contributed by atoms with Gasteiger partial charge in [0, 0.05) is 10.4 Å². The Hall–Kier alpha value is -1.03. The molecule has 0 unspecified atom stereocenters. The number of rotatable bonds is 2. The predicted molar refractivity (Wildman–Crippen MR) is 72.7 cm³/mol. The first-order valence-electron chi connectivity index (χ1n) is 5.15. The summed E-state index contributed by atoms with van der Waals surface area (Å²) in [7, 11) is 0. The van der Waals surface area contributed by atoms with Gasteiger partial charge < -0.3 is 4.74 Å². The molecule has 0 saturated heterocycles. The van der Waals surface area contributed by atoms with E-state index in [1.165, 1.54) is 6.07 Å². The fraction of sp³-hybridized carbons (Fsp3) is 0.167. The van der Waals surface area contributed by atoms with Crippen LogP contribution in [-0.2, 0) is 4.74 Å². The number of ether oxygens (including phenoxy) is 1. The van der Waals surface area contributed by atoms with Crippen LogP contribution in [0.4, 0.5) is 0 Å². The quantitative estimate of drug-likeness (QED) is 0.773. The van der Waals surface area contributed by atoms with Gasteiger partial charge in [-0.3, -0.25) is 0 Å². The number of benzene rings is 1. The van der Waals surface area contributed by atoms with Crippen LogP contribution in [0.25, 0.3) is 10.9 Å². The van der Waals surface area contributed by atoms with Gasteiger partial charge in [-0.15, -0.1) is 0 Å². The molecule has 0 aliphatic heterocycles. The van der Waals surface area contributed by atoms with E-state index in [9.17, 15) is 4.79 Å². The lowest BCUT2D eigenvalue weighted by atomic mass is 10.2. The van der Waals surface area contributed by atoms with Crippen LogP contribution >= 0.6 is 34.8 Å². The maximum Gasteiger partial charge on any atom is 0.356 e. The second-order valence-electron chi connectivity index (χ2n) is 3.49. The van der Waals surface area contributed by atoms with Crippen LogP contribution in [0, 0.1) is 0 Å². The van der Waals surface area contributed by atoms with Crippen molar-refractivity contribution in [2.24, 2.45) is 0 Å². The molecule has 1 aromatic heterocycles. The van der Waals surface area contributed by atoms with E-state index in [4.69, 9.17) is 39.5 Å². The van der Waals surface area contributed by atoms with Crippen LogP contribution in [0.5, 0.6) is 0 Å². The molecule has 1 aromatic carbocycles. The predicted octanol–water partition coefficient (Wildman–Crippen LogP) is 4.37. The van der Waals surface area contributed by atoms with Gasteiger partial charge in [0.05, 0.1) is 22.2 Å². The Bertz CT molecular complexity index is 628. The van der Waals surface area contributed by atoms with Gasteiger partial charge >= 0.3 is 5.97 Å². The summed E-state index contributed by atoms with van der Waals surface area (Å²) < 4.78 is 4.87. The summed E-state index contributed by atoms with van der Waals surface area (Å²) in [6.07, 6.45) is 0. The number of nitrogens with zero attached hydrogens (tertiary/aromatic N) is 1.